The van der Waals surface area contributed by atoms with Crippen molar-refractivity contribution >= 4 is 22.8 Å². The van der Waals surface area contributed by atoms with Crippen LogP contribution in [0.2, 0.25) is 0 Å². The predicted octanol–water partition coefficient (Wildman–Crippen LogP) is 1.75. The van der Waals surface area contributed by atoms with Gasteiger partial charge in [0.15, 0.2) is 11.4 Å². The first-order chi connectivity index (χ1) is 9.76. The number of para-hydroxylation sites is 1. The Bertz CT molecular complexity index is 624. The molecule has 1 spiro atoms. The van der Waals surface area contributed by atoms with Crippen LogP contribution >= 0.6 is 0 Å². The maximum Gasteiger partial charge on any atom is 0.298 e. The molecule has 0 aliphatic carbocycles. The molecule has 2 aromatic rings. The SMILES string of the molecule is Nc1cccc2oc(N3CCC4(CC3)OCCO4)nc12. The lowest BCUT2D eigenvalue weighted by Gasteiger charge is -2.36. The van der Waals surface area contributed by atoms with Crippen molar-refractivity contribution < 1.29 is 13.9 Å². The summed E-state index contributed by atoms with van der Waals surface area (Å²) in [6.45, 7) is 3.01. The molecule has 0 amide bonds. The lowest BCUT2D eigenvalue weighted by Crippen LogP contribution is -2.45. The molecular weight excluding hydrogens is 258 g/mol. The first-order valence-electron chi connectivity index (χ1n) is 6.94. The fourth-order valence-corrected chi connectivity index (χ4v) is 2.92. The summed E-state index contributed by atoms with van der Waals surface area (Å²) >= 11 is 0. The normalized spacial score (nSPS) is 21.9. The summed E-state index contributed by atoms with van der Waals surface area (Å²) in [7, 11) is 0. The van der Waals surface area contributed by atoms with E-state index in [9.17, 15) is 0 Å². The van der Waals surface area contributed by atoms with Crippen molar-refractivity contribution in [2.45, 2.75) is 18.6 Å². The number of hydrogen-bond acceptors (Lipinski definition) is 6. The third kappa shape index (κ3) is 1.83. The van der Waals surface area contributed by atoms with Crippen molar-refractivity contribution in [2.24, 2.45) is 0 Å². The lowest BCUT2D eigenvalue weighted by molar-refractivity contribution is -0.169. The van der Waals surface area contributed by atoms with Gasteiger partial charge >= 0.3 is 0 Å². The molecule has 4 rings (SSSR count). The van der Waals surface area contributed by atoms with Crippen LogP contribution in [0.5, 0.6) is 0 Å². The molecule has 6 nitrogen and oxygen atoms in total. The number of benzene rings is 1. The van der Waals surface area contributed by atoms with E-state index in [0.29, 0.717) is 24.9 Å². The van der Waals surface area contributed by atoms with Crippen LogP contribution in [0.25, 0.3) is 11.1 Å². The van der Waals surface area contributed by atoms with Gasteiger partial charge in [0.2, 0.25) is 0 Å². The third-order valence-corrected chi connectivity index (χ3v) is 4.05. The molecule has 3 heterocycles. The Morgan fingerprint density at radius 3 is 2.60 bits per heavy atom. The van der Waals surface area contributed by atoms with E-state index in [-0.39, 0.29) is 5.79 Å². The van der Waals surface area contributed by atoms with Gasteiger partial charge in [0.25, 0.3) is 6.01 Å². The average Bonchev–Trinajstić information content (AvgIpc) is 3.08. The number of nitrogen functional groups attached to an aromatic ring is 1. The number of anilines is 2. The summed E-state index contributed by atoms with van der Waals surface area (Å²) in [6, 6.07) is 6.22. The number of piperidine rings is 1. The van der Waals surface area contributed by atoms with Gasteiger partial charge < -0.3 is 24.5 Å². The summed E-state index contributed by atoms with van der Waals surface area (Å²) in [5.74, 6) is -0.373. The van der Waals surface area contributed by atoms with Crippen LogP contribution in [0.3, 0.4) is 0 Å². The van der Waals surface area contributed by atoms with Crippen LogP contribution < -0.4 is 10.6 Å². The lowest BCUT2D eigenvalue weighted by atomic mass is 10.0. The van der Waals surface area contributed by atoms with E-state index in [2.05, 4.69) is 9.88 Å². The second-order valence-electron chi connectivity index (χ2n) is 5.29. The van der Waals surface area contributed by atoms with Crippen LogP contribution in [0, 0.1) is 0 Å². The third-order valence-electron chi connectivity index (χ3n) is 4.05. The largest absolute Gasteiger partial charge is 0.423 e. The molecule has 0 bridgehead atoms. The van der Waals surface area contributed by atoms with Gasteiger partial charge in [-0.15, -0.1) is 0 Å². The Labute approximate surface area is 116 Å². The molecule has 0 unspecified atom stereocenters. The summed E-state index contributed by atoms with van der Waals surface area (Å²) < 4.78 is 17.2. The number of aromatic nitrogens is 1. The zero-order chi connectivity index (χ0) is 13.6. The van der Waals surface area contributed by atoms with E-state index >= 15 is 0 Å². The molecule has 2 aliphatic rings. The Hall–Kier alpha value is -1.79. The van der Waals surface area contributed by atoms with Crippen molar-refractivity contribution in [3.05, 3.63) is 18.2 Å². The minimum absolute atomic E-state index is 0.373. The van der Waals surface area contributed by atoms with Gasteiger partial charge in [-0.25, -0.2) is 0 Å². The molecule has 0 radical (unpaired) electrons. The number of rotatable bonds is 1. The highest BCUT2D eigenvalue weighted by molar-refractivity contribution is 5.86. The maximum atomic E-state index is 5.91. The highest BCUT2D eigenvalue weighted by Crippen LogP contribution is 2.34. The van der Waals surface area contributed by atoms with Gasteiger partial charge in [-0.1, -0.05) is 6.07 Å². The summed E-state index contributed by atoms with van der Waals surface area (Å²) in [4.78, 5) is 6.62. The van der Waals surface area contributed by atoms with Gasteiger partial charge in [-0.2, -0.15) is 4.98 Å². The molecule has 1 aromatic heterocycles. The first kappa shape index (κ1) is 12.0. The van der Waals surface area contributed by atoms with Crippen molar-refractivity contribution in [1.29, 1.82) is 0 Å². The van der Waals surface area contributed by atoms with Crippen molar-refractivity contribution in [3.8, 4) is 0 Å². The van der Waals surface area contributed by atoms with Crippen LogP contribution in [0.15, 0.2) is 22.6 Å². The summed E-state index contributed by atoms with van der Waals surface area (Å²) in [6.07, 6.45) is 1.67. The van der Waals surface area contributed by atoms with E-state index < -0.39 is 0 Å². The van der Waals surface area contributed by atoms with Crippen LogP contribution in [-0.4, -0.2) is 37.1 Å². The van der Waals surface area contributed by atoms with Crippen LogP contribution in [0.1, 0.15) is 12.8 Å². The number of hydrogen-bond donors (Lipinski definition) is 1. The minimum atomic E-state index is -0.373. The Morgan fingerprint density at radius 2 is 1.90 bits per heavy atom. The fraction of sp³-hybridized carbons (Fsp3) is 0.500. The molecule has 20 heavy (non-hydrogen) atoms. The molecule has 2 fully saturated rings. The number of nitrogens with zero attached hydrogens (tertiary/aromatic N) is 2. The number of oxazole rings is 1. The molecule has 0 atom stereocenters. The monoisotopic (exact) mass is 275 g/mol. The molecule has 2 aliphatic heterocycles. The van der Waals surface area contributed by atoms with E-state index in [1.54, 1.807) is 0 Å². The Morgan fingerprint density at radius 1 is 1.15 bits per heavy atom. The quantitative estimate of drug-likeness (QED) is 0.799. The van der Waals surface area contributed by atoms with Crippen molar-refractivity contribution in [2.75, 3.05) is 36.9 Å². The van der Waals surface area contributed by atoms with E-state index in [1.807, 2.05) is 18.2 Å². The fourth-order valence-electron chi connectivity index (χ4n) is 2.92. The van der Waals surface area contributed by atoms with Gasteiger partial charge in [-0.05, 0) is 12.1 Å². The van der Waals surface area contributed by atoms with Crippen LogP contribution in [-0.2, 0) is 9.47 Å². The molecule has 6 heteroatoms. The molecule has 0 saturated carbocycles. The van der Waals surface area contributed by atoms with Gasteiger partial charge in [0.05, 0.1) is 18.9 Å². The smallest absolute Gasteiger partial charge is 0.298 e. The summed E-state index contributed by atoms with van der Waals surface area (Å²) in [5.41, 5.74) is 8.02. The maximum absolute atomic E-state index is 5.91. The highest BCUT2D eigenvalue weighted by Gasteiger charge is 2.40. The molecule has 2 saturated heterocycles. The topological polar surface area (TPSA) is 73.8 Å². The van der Waals surface area contributed by atoms with E-state index in [4.69, 9.17) is 19.6 Å². The van der Waals surface area contributed by atoms with Crippen molar-refractivity contribution in [3.63, 3.8) is 0 Å². The highest BCUT2D eigenvalue weighted by atomic mass is 16.7. The summed E-state index contributed by atoms with van der Waals surface area (Å²) in [5, 5.41) is 0. The molecular formula is C14H17N3O3. The second-order valence-corrected chi connectivity index (χ2v) is 5.29. The molecule has 106 valence electrons. The standard InChI is InChI=1S/C14H17N3O3/c15-10-2-1-3-11-12(10)16-13(20-11)17-6-4-14(5-7-17)18-8-9-19-14/h1-3H,4-9,15H2. The molecule has 2 N–H and O–H groups in total. The zero-order valence-corrected chi connectivity index (χ0v) is 11.2. The Kier molecular flexibility index (Phi) is 2.61. The number of nitrogens with two attached hydrogens (primary N) is 1. The number of fused-ring (bicyclic) bond motifs is 1. The van der Waals surface area contributed by atoms with E-state index in [0.717, 1.165) is 37.0 Å². The zero-order valence-electron chi connectivity index (χ0n) is 11.2. The van der Waals surface area contributed by atoms with Crippen LogP contribution in [0.4, 0.5) is 11.7 Å². The average molecular weight is 275 g/mol. The predicted molar refractivity (Wildman–Crippen MR) is 74.5 cm³/mol. The van der Waals surface area contributed by atoms with E-state index in [1.165, 1.54) is 0 Å². The second kappa shape index (κ2) is 4.36. The first-order valence-corrected chi connectivity index (χ1v) is 6.94. The number of ether oxygens (including phenoxy) is 2. The van der Waals surface area contributed by atoms with Gasteiger partial charge in [0.1, 0.15) is 5.52 Å². The Balaban J connectivity index is 1.57. The van der Waals surface area contributed by atoms with Gasteiger partial charge in [-0.3, -0.25) is 0 Å². The van der Waals surface area contributed by atoms with Gasteiger partial charge in [0, 0.05) is 25.9 Å². The minimum Gasteiger partial charge on any atom is -0.423 e. The molecule has 1 aromatic carbocycles. The van der Waals surface area contributed by atoms with Crippen molar-refractivity contribution in [1.82, 2.24) is 4.98 Å².